The van der Waals surface area contributed by atoms with Crippen molar-refractivity contribution >= 4 is 35.0 Å². The minimum Gasteiger partial charge on any atom is -0.505 e. The number of carbonyl (C=O) groups excluding carboxylic acids is 3. The number of methoxy groups -OCH3 is 2. The summed E-state index contributed by atoms with van der Waals surface area (Å²) in [4.78, 5) is 37.2. The zero-order chi connectivity index (χ0) is 25.4. The Morgan fingerprint density at radius 2 is 1.46 bits per heavy atom. The summed E-state index contributed by atoms with van der Waals surface area (Å²) in [5.74, 6) is -2.54. The number of ether oxygens (including phenoxy) is 2. The molecule has 178 valence electrons. The van der Waals surface area contributed by atoms with Gasteiger partial charge in [0.15, 0.2) is 11.5 Å². The SMILES string of the molecule is COC(=O)c1ccc(C(=O)OC)c(N=NC(C(=O)Nc2ccccc2)=C(O)c2ccc(C)cc2)c1. The maximum Gasteiger partial charge on any atom is 0.340 e. The van der Waals surface area contributed by atoms with Crippen molar-refractivity contribution < 1.29 is 29.0 Å². The van der Waals surface area contributed by atoms with Crippen LogP contribution in [-0.2, 0) is 14.3 Å². The average molecular weight is 473 g/mol. The number of hydrogen-bond acceptors (Lipinski definition) is 8. The van der Waals surface area contributed by atoms with Gasteiger partial charge < -0.3 is 19.9 Å². The number of nitrogens with one attached hydrogen (secondary N) is 1. The van der Waals surface area contributed by atoms with Crippen LogP contribution in [0.1, 0.15) is 31.8 Å². The number of carbonyl (C=O) groups is 3. The molecule has 0 aliphatic rings. The Bertz CT molecular complexity index is 1300. The van der Waals surface area contributed by atoms with Crippen LogP contribution in [0.3, 0.4) is 0 Å². The molecule has 0 aliphatic carbocycles. The first-order chi connectivity index (χ1) is 16.8. The monoisotopic (exact) mass is 473 g/mol. The Balaban J connectivity index is 2.10. The number of amides is 1. The van der Waals surface area contributed by atoms with E-state index < -0.39 is 29.3 Å². The first kappa shape index (κ1) is 24.8. The summed E-state index contributed by atoms with van der Waals surface area (Å²) in [6.07, 6.45) is 0. The molecular formula is C26H23N3O6. The van der Waals surface area contributed by atoms with E-state index in [1.807, 2.05) is 6.92 Å². The lowest BCUT2D eigenvalue weighted by Gasteiger charge is -2.09. The second-order valence-electron chi connectivity index (χ2n) is 7.30. The summed E-state index contributed by atoms with van der Waals surface area (Å²) in [5, 5.41) is 21.5. The molecule has 0 fully saturated rings. The van der Waals surface area contributed by atoms with Gasteiger partial charge in [0, 0.05) is 11.3 Å². The van der Waals surface area contributed by atoms with Crippen molar-refractivity contribution in [3.63, 3.8) is 0 Å². The molecule has 1 amide bonds. The minimum atomic E-state index is -0.734. The summed E-state index contributed by atoms with van der Waals surface area (Å²) in [6, 6.07) is 19.4. The van der Waals surface area contributed by atoms with Crippen LogP contribution in [0.4, 0.5) is 11.4 Å². The minimum absolute atomic E-state index is 0.00143. The van der Waals surface area contributed by atoms with Gasteiger partial charge in [-0.15, -0.1) is 10.2 Å². The van der Waals surface area contributed by atoms with E-state index in [2.05, 4.69) is 15.5 Å². The second kappa shape index (κ2) is 11.4. The quantitative estimate of drug-likeness (QED) is 0.210. The fourth-order valence-electron chi connectivity index (χ4n) is 3.01. The molecule has 0 bridgehead atoms. The van der Waals surface area contributed by atoms with Gasteiger partial charge in [-0.2, -0.15) is 0 Å². The Morgan fingerprint density at radius 1 is 0.829 bits per heavy atom. The van der Waals surface area contributed by atoms with Crippen LogP contribution in [0.15, 0.2) is 88.7 Å². The van der Waals surface area contributed by atoms with E-state index in [1.165, 1.54) is 32.4 Å². The first-order valence-corrected chi connectivity index (χ1v) is 10.4. The van der Waals surface area contributed by atoms with Crippen LogP contribution >= 0.6 is 0 Å². The number of azo groups is 1. The first-order valence-electron chi connectivity index (χ1n) is 10.4. The Hall–Kier alpha value is -4.79. The fraction of sp³-hybridized carbons (Fsp3) is 0.115. The molecule has 0 saturated heterocycles. The molecule has 0 aliphatic heterocycles. The van der Waals surface area contributed by atoms with Gasteiger partial charge in [0.05, 0.1) is 25.3 Å². The molecule has 9 heteroatoms. The van der Waals surface area contributed by atoms with Gasteiger partial charge in [-0.1, -0.05) is 48.0 Å². The molecule has 0 radical (unpaired) electrons. The highest BCUT2D eigenvalue weighted by Crippen LogP contribution is 2.26. The van der Waals surface area contributed by atoms with Crippen molar-refractivity contribution in [2.45, 2.75) is 6.92 Å². The summed E-state index contributed by atoms with van der Waals surface area (Å²) >= 11 is 0. The maximum atomic E-state index is 13.1. The van der Waals surface area contributed by atoms with Gasteiger partial charge >= 0.3 is 11.9 Å². The number of aliphatic hydroxyl groups is 1. The number of benzene rings is 3. The van der Waals surface area contributed by atoms with Crippen LogP contribution in [0.25, 0.3) is 5.76 Å². The number of esters is 2. The molecule has 0 spiro atoms. The van der Waals surface area contributed by atoms with Crippen LogP contribution in [-0.4, -0.2) is 37.2 Å². The Labute approximate surface area is 201 Å². The van der Waals surface area contributed by atoms with Gasteiger partial charge in [-0.3, -0.25) is 4.79 Å². The molecule has 3 aromatic carbocycles. The zero-order valence-corrected chi connectivity index (χ0v) is 19.3. The number of nitrogens with zero attached hydrogens (tertiary/aromatic N) is 2. The largest absolute Gasteiger partial charge is 0.505 e. The van der Waals surface area contributed by atoms with Crippen LogP contribution < -0.4 is 5.32 Å². The average Bonchev–Trinajstić information content (AvgIpc) is 2.88. The summed E-state index contributed by atoms with van der Waals surface area (Å²) in [7, 11) is 2.41. The van der Waals surface area contributed by atoms with Gasteiger partial charge in [-0.05, 0) is 37.3 Å². The predicted molar refractivity (Wildman–Crippen MR) is 129 cm³/mol. The van der Waals surface area contributed by atoms with E-state index in [4.69, 9.17) is 9.47 Å². The number of para-hydroxylation sites is 1. The summed E-state index contributed by atoms with van der Waals surface area (Å²) in [5.41, 5.74) is 1.42. The standard InChI is InChI=1S/C26H23N3O6/c1-16-9-11-17(12-10-16)23(30)22(24(31)27-19-7-5-4-6-8-19)29-28-21-15-18(25(32)34-2)13-14-20(21)26(33)35-3/h4-15,30H,1-3H3,(H,27,31). The lowest BCUT2D eigenvalue weighted by Crippen LogP contribution is -2.15. The molecule has 0 unspecified atom stereocenters. The highest BCUT2D eigenvalue weighted by molar-refractivity contribution is 6.07. The molecule has 9 nitrogen and oxygen atoms in total. The molecule has 0 atom stereocenters. The number of hydrogen-bond donors (Lipinski definition) is 2. The van der Waals surface area contributed by atoms with E-state index in [9.17, 15) is 19.5 Å². The lowest BCUT2D eigenvalue weighted by molar-refractivity contribution is -0.112. The maximum absolute atomic E-state index is 13.1. The Morgan fingerprint density at radius 3 is 2.09 bits per heavy atom. The lowest BCUT2D eigenvalue weighted by atomic mass is 10.1. The fourth-order valence-corrected chi connectivity index (χ4v) is 3.01. The third-order valence-electron chi connectivity index (χ3n) is 4.88. The van der Waals surface area contributed by atoms with E-state index in [-0.39, 0.29) is 16.8 Å². The highest BCUT2D eigenvalue weighted by atomic mass is 16.5. The molecule has 35 heavy (non-hydrogen) atoms. The molecular weight excluding hydrogens is 450 g/mol. The van der Waals surface area contributed by atoms with Crippen molar-refractivity contribution in [2.24, 2.45) is 10.2 Å². The summed E-state index contributed by atoms with van der Waals surface area (Å²) < 4.78 is 9.48. The third kappa shape index (κ3) is 6.17. The third-order valence-corrected chi connectivity index (χ3v) is 4.88. The van der Waals surface area contributed by atoms with Gasteiger partial charge in [0.2, 0.25) is 0 Å². The van der Waals surface area contributed by atoms with E-state index >= 15 is 0 Å². The normalized spacial score (nSPS) is 11.5. The van der Waals surface area contributed by atoms with Crippen LogP contribution in [0.5, 0.6) is 0 Å². The number of aryl methyl sites for hydroxylation is 1. The zero-order valence-electron chi connectivity index (χ0n) is 19.3. The second-order valence-corrected chi connectivity index (χ2v) is 7.30. The van der Waals surface area contributed by atoms with E-state index in [0.29, 0.717) is 11.3 Å². The van der Waals surface area contributed by atoms with Gasteiger partial charge in [0.1, 0.15) is 5.69 Å². The van der Waals surface area contributed by atoms with E-state index in [0.717, 1.165) is 5.56 Å². The number of rotatable bonds is 7. The van der Waals surface area contributed by atoms with Crippen molar-refractivity contribution in [1.29, 1.82) is 0 Å². The van der Waals surface area contributed by atoms with Crippen LogP contribution in [0, 0.1) is 6.92 Å². The van der Waals surface area contributed by atoms with Crippen molar-refractivity contribution in [1.82, 2.24) is 0 Å². The molecule has 2 N–H and O–H groups in total. The Kier molecular flexibility index (Phi) is 8.07. The molecule has 0 saturated carbocycles. The predicted octanol–water partition coefficient (Wildman–Crippen LogP) is 5.22. The molecule has 3 aromatic rings. The molecule has 0 aromatic heterocycles. The number of anilines is 1. The van der Waals surface area contributed by atoms with Gasteiger partial charge in [0.25, 0.3) is 5.91 Å². The topological polar surface area (TPSA) is 127 Å². The smallest absolute Gasteiger partial charge is 0.340 e. The van der Waals surface area contributed by atoms with Crippen molar-refractivity contribution in [2.75, 3.05) is 19.5 Å². The summed E-state index contributed by atoms with van der Waals surface area (Å²) in [6.45, 7) is 1.88. The van der Waals surface area contributed by atoms with Crippen molar-refractivity contribution in [3.8, 4) is 0 Å². The van der Waals surface area contributed by atoms with Gasteiger partial charge in [-0.25, -0.2) is 9.59 Å². The molecule has 0 heterocycles. The number of aliphatic hydroxyl groups excluding tert-OH is 1. The van der Waals surface area contributed by atoms with E-state index in [1.54, 1.807) is 54.6 Å². The highest BCUT2D eigenvalue weighted by Gasteiger charge is 2.20. The van der Waals surface area contributed by atoms with Crippen LogP contribution in [0.2, 0.25) is 0 Å². The van der Waals surface area contributed by atoms with Crippen molar-refractivity contribution in [3.05, 3.63) is 101 Å². The molecule has 3 rings (SSSR count).